The Kier molecular flexibility index (Phi) is 6.10. The molecule has 0 aromatic carbocycles. The molecular weight excluding hydrogens is 300 g/mol. The Hall–Kier alpha value is 0.338. The Balaban J connectivity index is 5.62. The fraction of sp³-hybridized carbons (Fsp3) is 0.923. The van der Waals surface area contributed by atoms with Crippen LogP contribution in [0, 0.1) is 0 Å². The van der Waals surface area contributed by atoms with Gasteiger partial charge < -0.3 is 5.11 Å². The van der Waals surface area contributed by atoms with Crippen LogP contribution in [0.15, 0.2) is 0 Å². The van der Waals surface area contributed by atoms with Crippen LogP contribution in [0.5, 0.6) is 0 Å². The number of hydrogen-bond donors (Lipinski definition) is 1. The molecule has 0 aromatic rings. The summed E-state index contributed by atoms with van der Waals surface area (Å²) >= 11 is 0. The molecule has 114 valence electrons. The van der Waals surface area contributed by atoms with Crippen LogP contribution in [0.25, 0.3) is 0 Å². The van der Waals surface area contributed by atoms with E-state index in [2.05, 4.69) is 58.9 Å². The van der Waals surface area contributed by atoms with E-state index in [1.807, 2.05) is 0 Å². The van der Waals surface area contributed by atoms with Crippen molar-refractivity contribution in [3.63, 3.8) is 0 Å². The minimum atomic E-state index is -1.31. The minimum absolute atomic E-state index is 0.369. The Morgan fingerprint density at radius 3 is 1.32 bits per heavy atom. The van der Waals surface area contributed by atoms with Gasteiger partial charge in [-0.2, -0.15) is 0 Å². The lowest BCUT2D eigenvalue weighted by Gasteiger charge is -2.58. The SMILES string of the molecule is C[Si](C)(C)[Si](CCCC(=O)O)([Si](C)(C)C)[Si](C)(C)C. The highest BCUT2D eigenvalue weighted by Gasteiger charge is 2.60. The topological polar surface area (TPSA) is 37.3 Å². The van der Waals surface area contributed by atoms with Crippen LogP contribution in [0.2, 0.25) is 65.0 Å². The first-order chi connectivity index (χ1) is 8.17. The molecule has 1 N–H and O–H groups in total. The quantitative estimate of drug-likeness (QED) is 0.693. The molecule has 0 fully saturated rings. The van der Waals surface area contributed by atoms with Gasteiger partial charge in [-0.3, -0.25) is 4.79 Å². The first kappa shape index (κ1) is 19.3. The predicted octanol–water partition coefficient (Wildman–Crippen LogP) is 4.55. The second-order valence-electron chi connectivity index (χ2n) is 8.90. The third-order valence-corrected chi connectivity index (χ3v) is 79.4. The van der Waals surface area contributed by atoms with E-state index in [0.29, 0.717) is 6.42 Å². The van der Waals surface area contributed by atoms with Crippen LogP contribution in [-0.4, -0.2) is 40.5 Å². The third kappa shape index (κ3) is 4.15. The van der Waals surface area contributed by atoms with Crippen LogP contribution in [-0.2, 0) is 4.79 Å². The molecular formula is C13H34O2Si4. The Morgan fingerprint density at radius 1 is 0.789 bits per heavy atom. The molecule has 6 heteroatoms. The van der Waals surface area contributed by atoms with Crippen LogP contribution < -0.4 is 0 Å². The summed E-state index contributed by atoms with van der Waals surface area (Å²) in [6.07, 6.45) is 1.29. The summed E-state index contributed by atoms with van der Waals surface area (Å²) < 4.78 is 0. The van der Waals surface area contributed by atoms with Gasteiger partial charge in [0.05, 0.1) is 0 Å². The summed E-state index contributed by atoms with van der Waals surface area (Å²) in [5.74, 6) is -0.621. The van der Waals surface area contributed by atoms with Gasteiger partial charge in [-0.25, -0.2) is 0 Å². The molecule has 19 heavy (non-hydrogen) atoms. The molecule has 0 unspecified atom stereocenters. The number of carboxylic acids is 1. The number of carboxylic acid groups (broad SMARTS) is 1. The molecule has 2 nitrogen and oxygen atoms in total. The second kappa shape index (κ2) is 5.99. The Bertz CT molecular complexity index is 285. The average molecular weight is 335 g/mol. The normalized spacial score (nSPS) is 14.6. The molecule has 0 aliphatic carbocycles. The first-order valence-corrected chi connectivity index (χ1v) is 23.1. The highest BCUT2D eigenvalue weighted by Crippen LogP contribution is 2.40. The smallest absolute Gasteiger partial charge is 0.303 e. The van der Waals surface area contributed by atoms with Gasteiger partial charge in [0.1, 0.15) is 0 Å². The number of rotatable bonds is 7. The summed E-state index contributed by atoms with van der Waals surface area (Å²) in [6, 6.07) is 1.28. The molecule has 0 spiro atoms. The fourth-order valence-electron chi connectivity index (χ4n) is 5.00. The zero-order chi connectivity index (χ0) is 15.7. The Morgan fingerprint density at radius 2 is 1.11 bits per heavy atom. The molecule has 0 aliphatic rings. The Labute approximate surface area is 123 Å². The van der Waals surface area contributed by atoms with Gasteiger partial charge in [0.15, 0.2) is 0 Å². The summed E-state index contributed by atoms with van der Waals surface area (Å²) in [7, 11) is -3.63. The van der Waals surface area contributed by atoms with Crippen molar-refractivity contribution in [2.24, 2.45) is 0 Å². The van der Waals surface area contributed by atoms with Crippen molar-refractivity contribution >= 4 is 35.4 Å². The zero-order valence-corrected chi connectivity index (χ0v) is 18.5. The summed E-state index contributed by atoms with van der Waals surface area (Å²) in [6.45, 7) is 21.8. The van der Waals surface area contributed by atoms with Gasteiger partial charge in [0.2, 0.25) is 0 Å². The number of hydrogen-bond acceptors (Lipinski definition) is 1. The summed E-state index contributed by atoms with van der Waals surface area (Å²) in [5, 5.41) is 8.97. The van der Waals surface area contributed by atoms with Crippen molar-refractivity contribution in [3.05, 3.63) is 0 Å². The van der Waals surface area contributed by atoms with Crippen molar-refractivity contribution in [3.8, 4) is 0 Å². The molecule has 0 amide bonds. The maximum atomic E-state index is 10.9. The van der Waals surface area contributed by atoms with E-state index in [1.54, 1.807) is 0 Å². The lowest BCUT2D eigenvalue weighted by molar-refractivity contribution is -0.137. The van der Waals surface area contributed by atoms with E-state index < -0.39 is 35.4 Å². The molecule has 0 rings (SSSR count). The first-order valence-electron chi connectivity index (χ1n) is 7.38. The second-order valence-corrected chi connectivity index (χ2v) is 50.4. The maximum Gasteiger partial charge on any atom is 0.303 e. The minimum Gasteiger partial charge on any atom is -0.481 e. The summed E-state index contributed by atoms with van der Waals surface area (Å²) in [5.41, 5.74) is 0. The average Bonchev–Trinajstić information content (AvgIpc) is 2.04. The van der Waals surface area contributed by atoms with E-state index in [9.17, 15) is 4.79 Å². The molecule has 0 radical (unpaired) electrons. The highest BCUT2D eigenvalue weighted by atomic mass is 29.9. The molecule has 0 atom stereocenters. The molecule has 0 aromatic heterocycles. The van der Waals surface area contributed by atoms with Crippen molar-refractivity contribution < 1.29 is 9.90 Å². The van der Waals surface area contributed by atoms with Crippen LogP contribution in [0.3, 0.4) is 0 Å². The van der Waals surface area contributed by atoms with E-state index in [1.165, 1.54) is 6.04 Å². The number of carbonyl (C=O) groups is 1. The van der Waals surface area contributed by atoms with Gasteiger partial charge in [0, 0.05) is 35.8 Å². The maximum absolute atomic E-state index is 10.9. The van der Waals surface area contributed by atoms with Gasteiger partial charge in [-0.15, -0.1) is 0 Å². The van der Waals surface area contributed by atoms with Gasteiger partial charge in [-0.05, 0) is 6.42 Å². The highest BCUT2D eigenvalue weighted by molar-refractivity contribution is 7.89. The summed E-state index contributed by atoms with van der Waals surface area (Å²) in [4.78, 5) is 10.9. The van der Waals surface area contributed by atoms with Crippen LogP contribution in [0.4, 0.5) is 0 Å². The van der Waals surface area contributed by atoms with E-state index >= 15 is 0 Å². The number of aliphatic carboxylic acids is 1. The monoisotopic (exact) mass is 334 g/mol. The van der Waals surface area contributed by atoms with Crippen molar-refractivity contribution in [1.29, 1.82) is 0 Å². The molecule has 0 saturated carbocycles. The van der Waals surface area contributed by atoms with Crippen molar-refractivity contribution in [2.75, 3.05) is 0 Å². The molecule has 0 saturated heterocycles. The van der Waals surface area contributed by atoms with E-state index in [-0.39, 0.29) is 0 Å². The molecule has 0 aliphatic heterocycles. The molecule has 0 bridgehead atoms. The lowest BCUT2D eigenvalue weighted by Crippen LogP contribution is -2.82. The van der Waals surface area contributed by atoms with E-state index in [4.69, 9.17) is 5.11 Å². The largest absolute Gasteiger partial charge is 0.481 e. The fourth-order valence-corrected chi connectivity index (χ4v) is 104. The lowest BCUT2D eigenvalue weighted by atomic mass is 10.3. The van der Waals surface area contributed by atoms with Gasteiger partial charge in [0.25, 0.3) is 0 Å². The van der Waals surface area contributed by atoms with Gasteiger partial charge >= 0.3 is 5.97 Å². The van der Waals surface area contributed by atoms with Crippen molar-refractivity contribution in [2.45, 2.75) is 77.8 Å². The van der Waals surface area contributed by atoms with Gasteiger partial charge in [-0.1, -0.05) is 65.0 Å². The van der Waals surface area contributed by atoms with Crippen LogP contribution in [0.1, 0.15) is 12.8 Å². The van der Waals surface area contributed by atoms with Crippen LogP contribution >= 0.6 is 0 Å². The molecule has 0 heterocycles. The zero-order valence-electron chi connectivity index (χ0n) is 14.5. The predicted molar refractivity (Wildman–Crippen MR) is 97.5 cm³/mol. The third-order valence-electron chi connectivity index (χ3n) is 4.78. The van der Waals surface area contributed by atoms with E-state index in [0.717, 1.165) is 6.42 Å². The standard InChI is InChI=1S/C13H34O2Si4/c1-16(2,3)19(17(4,5)6,18(7,8)9)12-10-11-13(14)15/h10-12H2,1-9H3,(H,14,15). The van der Waals surface area contributed by atoms with Crippen molar-refractivity contribution in [1.82, 2.24) is 0 Å².